The molecule has 14 N–H and O–H groups in total. The van der Waals surface area contributed by atoms with Gasteiger partial charge in [0, 0.05) is 6.54 Å². The van der Waals surface area contributed by atoms with Gasteiger partial charge in [-0.25, -0.2) is 4.79 Å². The predicted octanol–water partition coefficient (Wildman–Crippen LogP) is -4.77. The van der Waals surface area contributed by atoms with E-state index in [4.69, 9.17) is 39.5 Å². The van der Waals surface area contributed by atoms with E-state index in [1.807, 2.05) is 0 Å². The first-order valence-corrected chi connectivity index (χ1v) is 8.42. The van der Waals surface area contributed by atoms with Gasteiger partial charge in [0.25, 0.3) is 0 Å². The molecule has 0 spiro atoms. The number of carboxylic acid groups (broad SMARTS) is 2. The first-order chi connectivity index (χ1) is 13.3. The van der Waals surface area contributed by atoms with Gasteiger partial charge >= 0.3 is 11.9 Å². The van der Waals surface area contributed by atoms with Crippen LogP contribution < -0.4 is 34.4 Å². The molecule has 0 aliphatic rings. The molecule has 0 rings (SSSR count). The number of rotatable bonds is 14. The molecular weight excluding hydrogens is 390 g/mol. The number of guanidine groups is 1. The van der Waals surface area contributed by atoms with Crippen LogP contribution >= 0.6 is 0 Å². The number of nitrogens with zero attached hydrogens (tertiary/aromatic N) is 1. The lowest BCUT2D eigenvalue weighted by Gasteiger charge is -2.33. The van der Waals surface area contributed by atoms with Crippen LogP contribution in [0.25, 0.3) is 0 Å². The van der Waals surface area contributed by atoms with Crippen LogP contribution in [0.4, 0.5) is 0 Å². The quantitative estimate of drug-likeness (QED) is 0.0570. The van der Waals surface area contributed by atoms with Crippen LogP contribution in [0.1, 0.15) is 19.3 Å². The predicted molar refractivity (Wildman–Crippen MR) is 100 cm³/mol. The van der Waals surface area contributed by atoms with E-state index in [1.165, 1.54) is 0 Å². The SMILES string of the molecule is NCC(=O)C(C(=O)C(N)CCCN=C(N)N)C(N)(C(=O)O)C(=O)C(N)CC(=O)O. The molecule has 0 fully saturated rings. The number of ketones is 3. The van der Waals surface area contributed by atoms with E-state index < -0.39 is 65.8 Å². The van der Waals surface area contributed by atoms with E-state index >= 15 is 0 Å². The largest absolute Gasteiger partial charge is 0.481 e. The molecule has 0 saturated carbocycles. The van der Waals surface area contributed by atoms with Gasteiger partial charge in [0.05, 0.1) is 25.0 Å². The zero-order chi connectivity index (χ0) is 22.9. The van der Waals surface area contributed by atoms with Gasteiger partial charge < -0.3 is 44.6 Å². The summed E-state index contributed by atoms with van der Waals surface area (Å²) in [5.41, 5.74) is 29.3. The third-order valence-corrected chi connectivity index (χ3v) is 4.09. The number of carbonyl (C=O) groups excluding carboxylic acids is 3. The van der Waals surface area contributed by atoms with Crippen molar-refractivity contribution in [2.75, 3.05) is 13.1 Å². The molecule has 14 heteroatoms. The molecule has 14 nitrogen and oxygen atoms in total. The van der Waals surface area contributed by atoms with Crippen molar-refractivity contribution >= 4 is 35.2 Å². The van der Waals surface area contributed by atoms with Crippen LogP contribution in [0.3, 0.4) is 0 Å². The molecule has 0 aromatic rings. The standard InChI is InChI=1S/C15H27N7O7/c16-5-8(23)10(11(26)6(17)2-1-3-22-14(19)20)15(21,13(28)29)12(27)7(18)4-9(24)25/h6-7,10H,1-5,16-18,21H2,(H,24,25)(H,28,29)(H4,19,20,22). The minimum Gasteiger partial charge on any atom is -0.481 e. The third-order valence-electron chi connectivity index (χ3n) is 4.09. The van der Waals surface area contributed by atoms with Gasteiger partial charge in [0.15, 0.2) is 28.8 Å². The number of aliphatic imine (C=N–C) groups is 1. The highest BCUT2D eigenvalue weighted by atomic mass is 16.4. The Morgan fingerprint density at radius 2 is 1.55 bits per heavy atom. The van der Waals surface area contributed by atoms with Crippen LogP contribution in [0.2, 0.25) is 0 Å². The van der Waals surface area contributed by atoms with Gasteiger partial charge in [0.1, 0.15) is 5.92 Å². The molecule has 0 amide bonds. The lowest BCUT2D eigenvalue weighted by atomic mass is 9.72. The van der Waals surface area contributed by atoms with Crippen molar-refractivity contribution in [3.63, 3.8) is 0 Å². The van der Waals surface area contributed by atoms with Gasteiger partial charge in [0.2, 0.25) is 0 Å². The average Bonchev–Trinajstić information content (AvgIpc) is 2.62. The second kappa shape index (κ2) is 11.2. The molecule has 0 bridgehead atoms. The van der Waals surface area contributed by atoms with Gasteiger partial charge in [-0.3, -0.25) is 24.2 Å². The maximum Gasteiger partial charge on any atom is 0.332 e. The number of nitrogens with two attached hydrogens (primary N) is 6. The number of aliphatic carboxylic acids is 2. The van der Waals surface area contributed by atoms with Gasteiger partial charge in [-0.1, -0.05) is 0 Å². The Kier molecular flexibility index (Phi) is 10.0. The summed E-state index contributed by atoms with van der Waals surface area (Å²) in [6, 6.07) is -3.27. The van der Waals surface area contributed by atoms with Crippen molar-refractivity contribution in [2.45, 2.75) is 36.9 Å². The second-order valence-electron chi connectivity index (χ2n) is 6.30. The fourth-order valence-corrected chi connectivity index (χ4v) is 2.59. The van der Waals surface area contributed by atoms with Crippen LogP contribution in [0.5, 0.6) is 0 Å². The summed E-state index contributed by atoms with van der Waals surface area (Å²) in [4.78, 5) is 63.8. The van der Waals surface area contributed by atoms with E-state index in [9.17, 15) is 29.1 Å². The van der Waals surface area contributed by atoms with Crippen molar-refractivity contribution in [2.24, 2.45) is 45.3 Å². The lowest BCUT2D eigenvalue weighted by Crippen LogP contribution is -2.69. The van der Waals surface area contributed by atoms with E-state index in [0.717, 1.165) is 0 Å². The molecule has 0 aliphatic heterocycles. The molecule has 4 atom stereocenters. The van der Waals surface area contributed by atoms with Crippen LogP contribution in [-0.4, -0.2) is 76.2 Å². The Labute approximate surface area is 165 Å². The number of Topliss-reactive ketones (excluding diaryl/α,β-unsaturated/α-hetero) is 3. The third kappa shape index (κ3) is 6.86. The molecule has 0 heterocycles. The van der Waals surface area contributed by atoms with Crippen LogP contribution in [0.15, 0.2) is 4.99 Å². The smallest absolute Gasteiger partial charge is 0.332 e. The Morgan fingerprint density at radius 3 is 1.97 bits per heavy atom. The molecule has 0 aliphatic carbocycles. The number of hydrogen-bond acceptors (Lipinski definition) is 10. The molecule has 0 radical (unpaired) electrons. The maximum absolute atomic E-state index is 12.7. The summed E-state index contributed by atoms with van der Waals surface area (Å²) in [6.45, 7) is -0.710. The Bertz CT molecular complexity index is 693. The van der Waals surface area contributed by atoms with E-state index in [2.05, 4.69) is 4.99 Å². The molecule has 0 aromatic carbocycles. The highest BCUT2D eigenvalue weighted by Gasteiger charge is 2.57. The first-order valence-electron chi connectivity index (χ1n) is 8.42. The Balaban J connectivity index is 5.88. The normalized spacial score (nSPS) is 16.0. The van der Waals surface area contributed by atoms with Gasteiger partial charge in [-0.15, -0.1) is 0 Å². The fourth-order valence-electron chi connectivity index (χ4n) is 2.59. The van der Waals surface area contributed by atoms with Gasteiger partial charge in [-0.05, 0) is 12.8 Å². The molecule has 164 valence electrons. The van der Waals surface area contributed by atoms with Crippen LogP contribution in [0, 0.1) is 5.92 Å². The zero-order valence-electron chi connectivity index (χ0n) is 15.6. The van der Waals surface area contributed by atoms with E-state index in [-0.39, 0.29) is 25.3 Å². The summed E-state index contributed by atoms with van der Waals surface area (Å²) in [7, 11) is 0. The fraction of sp³-hybridized carbons (Fsp3) is 0.600. The minimum atomic E-state index is -3.14. The summed E-state index contributed by atoms with van der Waals surface area (Å²) < 4.78 is 0. The molecule has 0 aromatic heterocycles. The van der Waals surface area contributed by atoms with E-state index in [1.54, 1.807) is 0 Å². The number of carboxylic acids is 2. The van der Waals surface area contributed by atoms with Crippen LogP contribution in [-0.2, 0) is 24.0 Å². The molecule has 29 heavy (non-hydrogen) atoms. The molecular formula is C15H27N7O7. The highest BCUT2D eigenvalue weighted by Crippen LogP contribution is 2.23. The van der Waals surface area contributed by atoms with Crippen molar-refractivity contribution in [3.05, 3.63) is 0 Å². The second-order valence-corrected chi connectivity index (χ2v) is 6.30. The summed E-state index contributed by atoms with van der Waals surface area (Å²) in [5, 5.41) is 18.3. The molecule has 4 unspecified atom stereocenters. The lowest BCUT2D eigenvalue weighted by molar-refractivity contribution is -0.158. The summed E-state index contributed by atoms with van der Waals surface area (Å²) in [5.74, 6) is -9.82. The van der Waals surface area contributed by atoms with Crippen molar-refractivity contribution in [3.8, 4) is 0 Å². The highest BCUT2D eigenvalue weighted by molar-refractivity contribution is 6.21. The van der Waals surface area contributed by atoms with Crippen molar-refractivity contribution in [1.82, 2.24) is 0 Å². The minimum absolute atomic E-state index is 0.0605. The van der Waals surface area contributed by atoms with Crippen molar-refractivity contribution in [1.29, 1.82) is 0 Å². The first kappa shape index (κ1) is 26.1. The monoisotopic (exact) mass is 417 g/mol. The van der Waals surface area contributed by atoms with E-state index in [0.29, 0.717) is 0 Å². The summed E-state index contributed by atoms with van der Waals surface area (Å²) in [6.07, 6.45) is -0.826. The van der Waals surface area contributed by atoms with Gasteiger partial charge in [-0.2, -0.15) is 0 Å². The molecule has 0 saturated heterocycles. The zero-order valence-corrected chi connectivity index (χ0v) is 15.6. The topological polar surface area (TPSA) is 294 Å². The van der Waals surface area contributed by atoms with Crippen molar-refractivity contribution < 1.29 is 34.2 Å². The average molecular weight is 417 g/mol. The number of hydrogen-bond donors (Lipinski definition) is 8. The Morgan fingerprint density at radius 1 is 1.00 bits per heavy atom. The maximum atomic E-state index is 12.7. The summed E-state index contributed by atoms with van der Waals surface area (Å²) >= 11 is 0. The Hall–Kier alpha value is -2.94. The number of carbonyl (C=O) groups is 5.